The molecule has 1 N–H and O–H groups in total. The van der Waals surface area contributed by atoms with Gasteiger partial charge in [-0.1, -0.05) is 23.2 Å². The number of halogens is 2. The number of anilines is 1. The van der Waals surface area contributed by atoms with Crippen molar-refractivity contribution < 1.29 is 14.3 Å². The SMILES string of the molecule is Cc1ccc(C(=O)OCC(=O)Nc2ncc(Cl)c(C)c2Cl)cn1. The Bertz CT molecular complexity index is 748. The predicted molar refractivity (Wildman–Crippen MR) is 86.9 cm³/mol. The Morgan fingerprint density at radius 3 is 2.57 bits per heavy atom. The number of hydrogen-bond donors (Lipinski definition) is 1. The molecule has 0 spiro atoms. The van der Waals surface area contributed by atoms with Crippen molar-refractivity contribution in [2.45, 2.75) is 13.8 Å². The number of amides is 1. The molecule has 23 heavy (non-hydrogen) atoms. The van der Waals surface area contributed by atoms with Gasteiger partial charge in [0.15, 0.2) is 12.4 Å². The van der Waals surface area contributed by atoms with Crippen LogP contribution in [0.3, 0.4) is 0 Å². The summed E-state index contributed by atoms with van der Waals surface area (Å²) in [6.07, 6.45) is 2.76. The summed E-state index contributed by atoms with van der Waals surface area (Å²) in [5.74, 6) is -1.04. The number of pyridine rings is 2. The number of carbonyl (C=O) groups is 2. The lowest BCUT2D eigenvalue weighted by Crippen LogP contribution is -2.21. The molecule has 0 fully saturated rings. The van der Waals surface area contributed by atoms with E-state index in [0.717, 1.165) is 5.69 Å². The second-order valence-electron chi connectivity index (χ2n) is 4.71. The summed E-state index contributed by atoms with van der Waals surface area (Å²) in [7, 11) is 0. The van der Waals surface area contributed by atoms with E-state index in [0.29, 0.717) is 10.6 Å². The number of nitrogens with one attached hydrogen (secondary N) is 1. The molecule has 0 aromatic carbocycles. The molecular weight excluding hydrogens is 341 g/mol. The third-order valence-corrected chi connectivity index (χ3v) is 3.79. The summed E-state index contributed by atoms with van der Waals surface area (Å²) in [4.78, 5) is 31.5. The third kappa shape index (κ3) is 4.40. The Morgan fingerprint density at radius 2 is 1.91 bits per heavy atom. The Kier molecular flexibility index (Phi) is 5.52. The lowest BCUT2D eigenvalue weighted by Gasteiger charge is -2.09. The number of hydrogen-bond acceptors (Lipinski definition) is 5. The number of nitrogens with zero attached hydrogens (tertiary/aromatic N) is 2. The van der Waals surface area contributed by atoms with Crippen molar-refractivity contribution in [2.75, 3.05) is 11.9 Å². The lowest BCUT2D eigenvalue weighted by atomic mass is 10.2. The maximum Gasteiger partial charge on any atom is 0.340 e. The van der Waals surface area contributed by atoms with Crippen molar-refractivity contribution in [3.8, 4) is 0 Å². The van der Waals surface area contributed by atoms with E-state index in [1.54, 1.807) is 26.0 Å². The highest BCUT2D eigenvalue weighted by atomic mass is 35.5. The van der Waals surface area contributed by atoms with E-state index in [2.05, 4.69) is 15.3 Å². The number of carbonyl (C=O) groups excluding carboxylic acids is 2. The van der Waals surface area contributed by atoms with E-state index in [1.165, 1.54) is 12.4 Å². The number of rotatable bonds is 4. The average molecular weight is 354 g/mol. The standard InChI is InChI=1S/C15H13Cl2N3O3/c1-8-3-4-10(5-18-8)15(22)23-7-12(21)20-14-13(17)9(2)11(16)6-19-14/h3-6H,7H2,1-2H3,(H,19,20,21). The van der Waals surface area contributed by atoms with Gasteiger partial charge in [-0.2, -0.15) is 0 Å². The van der Waals surface area contributed by atoms with Crippen LogP contribution in [0.2, 0.25) is 10.0 Å². The normalized spacial score (nSPS) is 10.3. The van der Waals surface area contributed by atoms with Gasteiger partial charge in [-0.05, 0) is 31.5 Å². The van der Waals surface area contributed by atoms with Gasteiger partial charge in [0.25, 0.3) is 5.91 Å². The molecule has 1 amide bonds. The summed E-state index contributed by atoms with van der Waals surface area (Å²) < 4.78 is 4.91. The van der Waals surface area contributed by atoms with E-state index in [-0.39, 0.29) is 16.4 Å². The van der Waals surface area contributed by atoms with Gasteiger partial charge < -0.3 is 10.1 Å². The van der Waals surface area contributed by atoms with Gasteiger partial charge in [0, 0.05) is 18.1 Å². The molecule has 0 unspecified atom stereocenters. The molecule has 120 valence electrons. The first-order valence-electron chi connectivity index (χ1n) is 6.58. The highest BCUT2D eigenvalue weighted by molar-refractivity contribution is 6.37. The Hall–Kier alpha value is -2.18. The second-order valence-corrected chi connectivity index (χ2v) is 5.49. The summed E-state index contributed by atoms with van der Waals surface area (Å²) in [6.45, 7) is 3.03. The first-order valence-corrected chi connectivity index (χ1v) is 7.34. The van der Waals surface area contributed by atoms with Gasteiger partial charge in [0.05, 0.1) is 15.6 Å². The summed E-state index contributed by atoms with van der Waals surface area (Å²) in [5, 5.41) is 3.09. The van der Waals surface area contributed by atoms with Gasteiger partial charge in [-0.15, -0.1) is 0 Å². The van der Waals surface area contributed by atoms with E-state index in [1.807, 2.05) is 0 Å². The van der Waals surface area contributed by atoms with Crippen molar-refractivity contribution in [1.29, 1.82) is 0 Å². The van der Waals surface area contributed by atoms with Gasteiger partial charge in [-0.3, -0.25) is 9.78 Å². The van der Waals surface area contributed by atoms with Crippen LogP contribution in [0.25, 0.3) is 0 Å². The van der Waals surface area contributed by atoms with E-state index >= 15 is 0 Å². The minimum Gasteiger partial charge on any atom is -0.452 e. The van der Waals surface area contributed by atoms with Crippen LogP contribution in [0.5, 0.6) is 0 Å². The maximum absolute atomic E-state index is 11.8. The molecule has 2 aromatic rings. The molecular formula is C15H13Cl2N3O3. The van der Waals surface area contributed by atoms with Crippen LogP contribution >= 0.6 is 23.2 Å². The fourth-order valence-electron chi connectivity index (χ4n) is 1.62. The van der Waals surface area contributed by atoms with Crippen LogP contribution in [0.1, 0.15) is 21.6 Å². The molecule has 2 aromatic heterocycles. The van der Waals surface area contributed by atoms with Crippen molar-refractivity contribution in [3.63, 3.8) is 0 Å². The molecule has 2 rings (SSSR count). The average Bonchev–Trinajstić information content (AvgIpc) is 2.54. The summed E-state index contributed by atoms with van der Waals surface area (Å²) in [6, 6.07) is 3.25. The molecule has 0 bridgehead atoms. The van der Waals surface area contributed by atoms with Crippen LogP contribution < -0.4 is 5.32 Å². The molecule has 0 saturated carbocycles. The van der Waals surface area contributed by atoms with Crippen molar-refractivity contribution in [3.05, 3.63) is 51.4 Å². The van der Waals surface area contributed by atoms with Crippen LogP contribution in [0, 0.1) is 13.8 Å². The smallest absolute Gasteiger partial charge is 0.340 e. The molecule has 0 saturated heterocycles. The van der Waals surface area contributed by atoms with Crippen LogP contribution in [-0.4, -0.2) is 28.5 Å². The van der Waals surface area contributed by atoms with Gasteiger partial charge >= 0.3 is 5.97 Å². The maximum atomic E-state index is 11.8. The van der Waals surface area contributed by atoms with Gasteiger partial charge in [-0.25, -0.2) is 9.78 Å². The summed E-state index contributed by atoms with van der Waals surface area (Å²) >= 11 is 11.9. The minimum absolute atomic E-state index is 0.159. The van der Waals surface area contributed by atoms with E-state index in [4.69, 9.17) is 27.9 Å². The highest BCUT2D eigenvalue weighted by Crippen LogP contribution is 2.28. The molecule has 8 heteroatoms. The number of aromatic nitrogens is 2. The zero-order chi connectivity index (χ0) is 17.0. The number of aryl methyl sites for hydroxylation is 1. The topological polar surface area (TPSA) is 81.2 Å². The Balaban J connectivity index is 1.94. The molecule has 0 radical (unpaired) electrons. The first kappa shape index (κ1) is 17.2. The second kappa shape index (κ2) is 7.39. The highest BCUT2D eigenvalue weighted by Gasteiger charge is 2.14. The summed E-state index contributed by atoms with van der Waals surface area (Å²) in [5.41, 5.74) is 1.64. The van der Waals surface area contributed by atoms with Crippen LogP contribution in [0.15, 0.2) is 24.5 Å². The quantitative estimate of drug-likeness (QED) is 0.853. The largest absolute Gasteiger partial charge is 0.452 e. The first-order chi connectivity index (χ1) is 10.9. The molecule has 0 atom stereocenters. The molecule has 2 heterocycles. The predicted octanol–water partition coefficient (Wildman–Crippen LogP) is 3.20. The minimum atomic E-state index is -0.640. The van der Waals surface area contributed by atoms with Crippen molar-refractivity contribution >= 4 is 40.9 Å². The molecule has 6 nitrogen and oxygen atoms in total. The lowest BCUT2D eigenvalue weighted by molar-refractivity contribution is -0.119. The number of esters is 1. The zero-order valence-corrected chi connectivity index (χ0v) is 13.9. The molecule has 0 aliphatic heterocycles. The zero-order valence-electron chi connectivity index (χ0n) is 12.4. The fraction of sp³-hybridized carbons (Fsp3) is 0.200. The van der Waals surface area contributed by atoms with Crippen molar-refractivity contribution in [2.24, 2.45) is 0 Å². The number of ether oxygens (including phenoxy) is 1. The molecule has 0 aliphatic rings. The fourth-order valence-corrected chi connectivity index (χ4v) is 2.00. The Labute approximate surface area is 142 Å². The Morgan fingerprint density at radius 1 is 1.17 bits per heavy atom. The van der Waals surface area contributed by atoms with Gasteiger partial charge in [0.1, 0.15) is 0 Å². The molecule has 0 aliphatic carbocycles. The third-order valence-electron chi connectivity index (χ3n) is 2.94. The van der Waals surface area contributed by atoms with Gasteiger partial charge in [0.2, 0.25) is 0 Å². The monoisotopic (exact) mass is 353 g/mol. The van der Waals surface area contributed by atoms with E-state index < -0.39 is 18.5 Å². The van der Waals surface area contributed by atoms with Crippen molar-refractivity contribution in [1.82, 2.24) is 9.97 Å². The van der Waals surface area contributed by atoms with E-state index in [9.17, 15) is 9.59 Å². The van der Waals surface area contributed by atoms with Crippen LogP contribution in [-0.2, 0) is 9.53 Å². The van der Waals surface area contributed by atoms with Crippen LogP contribution in [0.4, 0.5) is 5.82 Å².